The van der Waals surface area contributed by atoms with Gasteiger partial charge >= 0.3 is 12.1 Å². The molecule has 0 radical (unpaired) electrons. The number of rotatable bonds is 4. The first-order chi connectivity index (χ1) is 6.38. The number of carbonyl (C=O) groups excluding carboxylic acids is 1. The minimum absolute atomic E-state index is 0.117. The third-order valence-corrected chi connectivity index (χ3v) is 1.53. The molecule has 0 unspecified atom stereocenters. The molecule has 14 heavy (non-hydrogen) atoms. The van der Waals surface area contributed by atoms with Crippen LogP contribution in [-0.2, 0) is 9.53 Å². The van der Waals surface area contributed by atoms with Crippen molar-refractivity contribution >= 4 is 5.97 Å². The van der Waals surface area contributed by atoms with Crippen molar-refractivity contribution in [2.24, 2.45) is 5.92 Å². The molecule has 0 aromatic carbocycles. The smallest absolute Gasteiger partial charge is 0.394 e. The van der Waals surface area contributed by atoms with Gasteiger partial charge in [0.05, 0.1) is 18.9 Å². The molecule has 0 aromatic rings. The van der Waals surface area contributed by atoms with Crippen LogP contribution in [0.5, 0.6) is 0 Å². The molecule has 2 nitrogen and oxygen atoms in total. The van der Waals surface area contributed by atoms with Crippen molar-refractivity contribution in [3.05, 3.63) is 12.2 Å². The van der Waals surface area contributed by atoms with Gasteiger partial charge in [-0.1, -0.05) is 19.1 Å². The lowest BCUT2D eigenvalue weighted by atomic mass is 10.1. The van der Waals surface area contributed by atoms with Crippen LogP contribution in [-0.4, -0.2) is 18.8 Å². The number of esters is 1. The Bertz CT molecular complexity index is 209. The zero-order valence-electron chi connectivity index (χ0n) is 8.10. The lowest BCUT2D eigenvalue weighted by Gasteiger charge is -2.10. The summed E-state index contributed by atoms with van der Waals surface area (Å²) in [5.41, 5.74) is 0. The molecular formula is C9H13F3O2. The number of carbonyl (C=O) groups is 1. The van der Waals surface area contributed by atoms with Crippen molar-refractivity contribution in [1.82, 2.24) is 0 Å². The SMILES string of the molecule is CCOC(=O)C/C=C/[C@@H](C)C(F)(F)F. The minimum atomic E-state index is -4.24. The monoisotopic (exact) mass is 210 g/mol. The Balaban J connectivity index is 3.89. The van der Waals surface area contributed by atoms with E-state index in [2.05, 4.69) is 4.74 Å². The second-order valence-electron chi connectivity index (χ2n) is 2.77. The summed E-state index contributed by atoms with van der Waals surface area (Å²) >= 11 is 0. The van der Waals surface area contributed by atoms with Crippen molar-refractivity contribution < 1.29 is 22.7 Å². The van der Waals surface area contributed by atoms with Crippen LogP contribution >= 0.6 is 0 Å². The van der Waals surface area contributed by atoms with Gasteiger partial charge in [0.2, 0.25) is 0 Å². The molecule has 0 aliphatic carbocycles. The van der Waals surface area contributed by atoms with Crippen molar-refractivity contribution in [1.29, 1.82) is 0 Å². The van der Waals surface area contributed by atoms with Crippen LogP contribution in [0.15, 0.2) is 12.2 Å². The van der Waals surface area contributed by atoms with Gasteiger partial charge in [-0.15, -0.1) is 0 Å². The van der Waals surface area contributed by atoms with Crippen LogP contribution in [0.25, 0.3) is 0 Å². The van der Waals surface area contributed by atoms with Crippen molar-refractivity contribution in [2.75, 3.05) is 6.61 Å². The number of allylic oxidation sites excluding steroid dienone is 1. The van der Waals surface area contributed by atoms with E-state index in [-0.39, 0.29) is 13.0 Å². The van der Waals surface area contributed by atoms with E-state index in [0.717, 1.165) is 13.0 Å². The molecule has 0 heterocycles. The zero-order chi connectivity index (χ0) is 11.2. The van der Waals surface area contributed by atoms with E-state index in [1.165, 1.54) is 6.08 Å². The van der Waals surface area contributed by atoms with Gasteiger partial charge in [0.1, 0.15) is 0 Å². The molecular weight excluding hydrogens is 197 g/mol. The molecule has 0 bridgehead atoms. The standard InChI is InChI=1S/C9H13F3O2/c1-3-14-8(13)6-4-5-7(2)9(10,11)12/h4-5,7H,3,6H2,1-2H3/b5-4+/t7-/m1/s1. The molecule has 5 heteroatoms. The number of alkyl halides is 3. The molecule has 1 atom stereocenters. The molecule has 0 spiro atoms. The maximum absolute atomic E-state index is 12.0. The van der Waals surface area contributed by atoms with Gasteiger partial charge in [0.15, 0.2) is 0 Å². The summed E-state index contributed by atoms with van der Waals surface area (Å²) in [5.74, 6) is -2.05. The number of hydrogen-bond donors (Lipinski definition) is 0. The van der Waals surface area contributed by atoms with Crippen LogP contribution in [0.1, 0.15) is 20.3 Å². The summed E-state index contributed by atoms with van der Waals surface area (Å²) in [6, 6.07) is 0. The van der Waals surface area contributed by atoms with E-state index < -0.39 is 18.1 Å². The highest BCUT2D eigenvalue weighted by Gasteiger charge is 2.33. The summed E-state index contributed by atoms with van der Waals surface area (Å²) in [6.07, 6.45) is -2.23. The van der Waals surface area contributed by atoms with E-state index in [0.29, 0.717) is 0 Å². The first-order valence-corrected chi connectivity index (χ1v) is 4.27. The fraction of sp³-hybridized carbons (Fsp3) is 0.667. The molecule has 0 amide bonds. The Morgan fingerprint density at radius 2 is 2.07 bits per heavy atom. The van der Waals surface area contributed by atoms with Crippen LogP contribution in [0, 0.1) is 5.92 Å². The average Bonchev–Trinajstić information content (AvgIpc) is 2.02. The average molecular weight is 210 g/mol. The van der Waals surface area contributed by atoms with Gasteiger partial charge in [0, 0.05) is 0 Å². The lowest BCUT2D eigenvalue weighted by Crippen LogP contribution is -2.17. The highest BCUT2D eigenvalue weighted by atomic mass is 19.4. The molecule has 0 aliphatic heterocycles. The van der Waals surface area contributed by atoms with E-state index in [9.17, 15) is 18.0 Å². The van der Waals surface area contributed by atoms with Crippen molar-refractivity contribution in [3.8, 4) is 0 Å². The Labute approximate surface area is 80.7 Å². The third kappa shape index (κ3) is 5.61. The Hall–Kier alpha value is -1.00. The summed E-state index contributed by atoms with van der Waals surface area (Å²) in [4.78, 5) is 10.7. The van der Waals surface area contributed by atoms with Crippen LogP contribution in [0.2, 0.25) is 0 Å². The highest BCUT2D eigenvalue weighted by molar-refractivity contribution is 5.71. The summed E-state index contributed by atoms with van der Waals surface area (Å²) in [6.45, 7) is 2.91. The first-order valence-electron chi connectivity index (χ1n) is 4.27. The van der Waals surface area contributed by atoms with Gasteiger partial charge < -0.3 is 4.74 Å². The third-order valence-electron chi connectivity index (χ3n) is 1.53. The molecule has 0 aromatic heterocycles. The Morgan fingerprint density at radius 3 is 2.50 bits per heavy atom. The Morgan fingerprint density at radius 1 is 1.50 bits per heavy atom. The van der Waals surface area contributed by atoms with E-state index >= 15 is 0 Å². The second kappa shape index (κ2) is 5.67. The zero-order valence-corrected chi connectivity index (χ0v) is 8.10. The van der Waals surface area contributed by atoms with Crippen LogP contribution in [0.3, 0.4) is 0 Å². The maximum Gasteiger partial charge on any atom is 0.394 e. The predicted octanol–water partition coefficient (Wildman–Crippen LogP) is 2.69. The van der Waals surface area contributed by atoms with Crippen molar-refractivity contribution in [3.63, 3.8) is 0 Å². The van der Waals surface area contributed by atoms with Crippen molar-refractivity contribution in [2.45, 2.75) is 26.4 Å². The van der Waals surface area contributed by atoms with Gasteiger partial charge in [-0.3, -0.25) is 4.79 Å². The molecule has 82 valence electrons. The largest absolute Gasteiger partial charge is 0.466 e. The predicted molar refractivity (Wildman–Crippen MR) is 45.6 cm³/mol. The molecule has 0 saturated carbocycles. The molecule has 0 fully saturated rings. The molecule has 0 aliphatic rings. The number of hydrogen-bond acceptors (Lipinski definition) is 2. The van der Waals surface area contributed by atoms with Gasteiger partial charge in [0.25, 0.3) is 0 Å². The van der Waals surface area contributed by atoms with E-state index in [1.807, 2.05) is 0 Å². The summed E-state index contributed by atoms with van der Waals surface area (Å²) in [5, 5.41) is 0. The van der Waals surface area contributed by atoms with E-state index in [4.69, 9.17) is 0 Å². The lowest BCUT2D eigenvalue weighted by molar-refractivity contribution is -0.156. The highest BCUT2D eigenvalue weighted by Crippen LogP contribution is 2.26. The maximum atomic E-state index is 12.0. The second-order valence-corrected chi connectivity index (χ2v) is 2.77. The molecule has 0 rings (SSSR count). The van der Waals surface area contributed by atoms with Crippen LogP contribution in [0.4, 0.5) is 13.2 Å². The minimum Gasteiger partial charge on any atom is -0.466 e. The van der Waals surface area contributed by atoms with E-state index in [1.54, 1.807) is 6.92 Å². The fourth-order valence-electron chi connectivity index (χ4n) is 0.697. The summed E-state index contributed by atoms with van der Waals surface area (Å²) in [7, 11) is 0. The summed E-state index contributed by atoms with van der Waals surface area (Å²) < 4.78 is 40.4. The van der Waals surface area contributed by atoms with Gasteiger partial charge in [-0.2, -0.15) is 13.2 Å². The number of ether oxygens (including phenoxy) is 1. The Kier molecular flexibility index (Phi) is 5.27. The topological polar surface area (TPSA) is 26.3 Å². The fourth-order valence-corrected chi connectivity index (χ4v) is 0.697. The normalized spacial score (nSPS) is 14.4. The number of halogens is 3. The van der Waals surface area contributed by atoms with Gasteiger partial charge in [-0.05, 0) is 6.92 Å². The molecule has 0 N–H and O–H groups in total. The quantitative estimate of drug-likeness (QED) is 0.526. The molecule has 0 saturated heterocycles. The van der Waals surface area contributed by atoms with Crippen LogP contribution < -0.4 is 0 Å². The first kappa shape index (κ1) is 13.0. The van der Waals surface area contributed by atoms with Gasteiger partial charge in [-0.25, -0.2) is 0 Å².